The first-order valence-corrected chi connectivity index (χ1v) is 9.40. The molecule has 3 aromatic carbocycles. The highest BCUT2D eigenvalue weighted by molar-refractivity contribution is 9.11. The number of aromatic hydroxyl groups is 1. The molecule has 6 heteroatoms. The van der Waals surface area contributed by atoms with Crippen molar-refractivity contribution >= 4 is 42.8 Å². The molecule has 0 aliphatic carbocycles. The molecule has 0 spiro atoms. The lowest BCUT2D eigenvalue weighted by molar-refractivity contribution is 0.475. The minimum Gasteiger partial charge on any atom is -0.508 e. The number of benzene rings is 3. The van der Waals surface area contributed by atoms with E-state index in [1.165, 1.54) is 0 Å². The zero-order valence-electron chi connectivity index (χ0n) is 13.4. The fourth-order valence-electron chi connectivity index (χ4n) is 2.82. The molecule has 4 aromatic rings. The summed E-state index contributed by atoms with van der Waals surface area (Å²) in [5.41, 5.74) is 1.89. The minimum absolute atomic E-state index is 0.155. The lowest BCUT2D eigenvalue weighted by Gasteiger charge is -2.15. The maximum atomic E-state index is 13.3. The predicted molar refractivity (Wildman–Crippen MR) is 110 cm³/mol. The van der Waals surface area contributed by atoms with E-state index in [1.54, 1.807) is 34.9 Å². The van der Waals surface area contributed by atoms with Gasteiger partial charge in [-0.1, -0.05) is 28.1 Å². The first kappa shape index (κ1) is 17.0. The molecule has 0 fully saturated rings. The molecule has 26 heavy (non-hydrogen) atoms. The van der Waals surface area contributed by atoms with Crippen molar-refractivity contribution in [1.29, 1.82) is 0 Å². The topological polar surface area (TPSA) is 55.1 Å². The second-order valence-corrected chi connectivity index (χ2v) is 7.51. The van der Waals surface area contributed by atoms with Crippen LogP contribution in [0.4, 0.5) is 0 Å². The molecule has 0 radical (unpaired) electrons. The van der Waals surface area contributed by atoms with Gasteiger partial charge in [-0.3, -0.25) is 9.36 Å². The van der Waals surface area contributed by atoms with Crippen LogP contribution in [0.5, 0.6) is 5.75 Å². The average Bonchev–Trinajstić information content (AvgIpc) is 2.65. The zero-order chi connectivity index (χ0) is 18.3. The van der Waals surface area contributed by atoms with Crippen LogP contribution < -0.4 is 5.56 Å². The van der Waals surface area contributed by atoms with Gasteiger partial charge in [0.15, 0.2) is 0 Å². The maximum Gasteiger partial charge on any atom is 0.266 e. The second kappa shape index (κ2) is 6.70. The highest BCUT2D eigenvalue weighted by Gasteiger charge is 2.16. The van der Waals surface area contributed by atoms with Crippen molar-refractivity contribution in [2.24, 2.45) is 0 Å². The van der Waals surface area contributed by atoms with Gasteiger partial charge < -0.3 is 5.11 Å². The molecule has 0 unspecified atom stereocenters. The number of hydrogen-bond acceptors (Lipinski definition) is 3. The SMILES string of the molecule is O=c1c2ccccc2nc(-c2ccc(O)cc2)n1-c1cc(Br)ccc1Br. The molecule has 1 heterocycles. The molecule has 4 rings (SSSR count). The summed E-state index contributed by atoms with van der Waals surface area (Å²) < 4.78 is 3.22. The average molecular weight is 472 g/mol. The Kier molecular flexibility index (Phi) is 4.38. The summed E-state index contributed by atoms with van der Waals surface area (Å²) >= 11 is 7.00. The fraction of sp³-hybridized carbons (Fsp3) is 0. The van der Waals surface area contributed by atoms with Crippen molar-refractivity contribution in [2.75, 3.05) is 0 Å². The van der Waals surface area contributed by atoms with Gasteiger partial charge in [-0.05, 0) is 70.5 Å². The van der Waals surface area contributed by atoms with E-state index in [9.17, 15) is 9.90 Å². The van der Waals surface area contributed by atoms with Gasteiger partial charge in [0.1, 0.15) is 11.6 Å². The summed E-state index contributed by atoms with van der Waals surface area (Å²) in [5, 5.41) is 10.1. The van der Waals surface area contributed by atoms with Crippen molar-refractivity contribution in [3.63, 3.8) is 0 Å². The molecule has 0 saturated heterocycles. The minimum atomic E-state index is -0.155. The van der Waals surface area contributed by atoms with Crippen molar-refractivity contribution in [3.05, 3.63) is 86.0 Å². The third kappa shape index (κ3) is 2.95. The van der Waals surface area contributed by atoms with Crippen LogP contribution >= 0.6 is 31.9 Å². The summed E-state index contributed by atoms with van der Waals surface area (Å²) in [7, 11) is 0. The number of phenolic OH excluding ortho intramolecular Hbond substituents is 1. The molecule has 0 bridgehead atoms. The molecule has 1 N–H and O–H groups in total. The van der Waals surface area contributed by atoms with Crippen LogP contribution in [-0.2, 0) is 0 Å². The lowest BCUT2D eigenvalue weighted by Crippen LogP contribution is -2.22. The van der Waals surface area contributed by atoms with E-state index in [0.717, 1.165) is 14.5 Å². The molecular formula is C20H12Br2N2O2. The van der Waals surface area contributed by atoms with Crippen LogP contribution in [0.15, 0.2) is 80.5 Å². The van der Waals surface area contributed by atoms with Gasteiger partial charge >= 0.3 is 0 Å². The van der Waals surface area contributed by atoms with E-state index in [1.807, 2.05) is 36.4 Å². The normalized spacial score (nSPS) is 11.0. The van der Waals surface area contributed by atoms with Gasteiger partial charge in [0.2, 0.25) is 0 Å². The summed E-state index contributed by atoms with van der Waals surface area (Å²) in [6.45, 7) is 0. The Hall–Kier alpha value is -2.44. The van der Waals surface area contributed by atoms with Crippen LogP contribution in [0.25, 0.3) is 28.0 Å². The smallest absolute Gasteiger partial charge is 0.266 e. The molecule has 1 aromatic heterocycles. The Morgan fingerprint density at radius 2 is 1.65 bits per heavy atom. The zero-order valence-corrected chi connectivity index (χ0v) is 16.5. The molecule has 4 nitrogen and oxygen atoms in total. The molecule has 0 atom stereocenters. The maximum absolute atomic E-state index is 13.3. The Bertz CT molecular complexity index is 1180. The largest absolute Gasteiger partial charge is 0.508 e. The fourth-order valence-corrected chi connectivity index (χ4v) is 3.59. The number of para-hydroxylation sites is 1. The van der Waals surface area contributed by atoms with Crippen LogP contribution in [0.2, 0.25) is 0 Å². The lowest BCUT2D eigenvalue weighted by atomic mass is 10.1. The van der Waals surface area contributed by atoms with E-state index in [4.69, 9.17) is 4.98 Å². The predicted octanol–water partition coefficient (Wildman–Crippen LogP) is 5.28. The first-order valence-electron chi connectivity index (χ1n) is 7.81. The van der Waals surface area contributed by atoms with Crippen molar-refractivity contribution in [1.82, 2.24) is 9.55 Å². The van der Waals surface area contributed by atoms with Gasteiger partial charge in [-0.25, -0.2) is 4.98 Å². The number of rotatable bonds is 2. The first-order chi connectivity index (χ1) is 12.5. The molecule has 0 saturated carbocycles. The van der Waals surface area contributed by atoms with Crippen molar-refractivity contribution in [3.8, 4) is 22.8 Å². The summed E-state index contributed by atoms with van der Waals surface area (Å²) in [4.78, 5) is 18.0. The van der Waals surface area contributed by atoms with Gasteiger partial charge in [0.25, 0.3) is 5.56 Å². The van der Waals surface area contributed by atoms with Crippen LogP contribution in [0.1, 0.15) is 0 Å². The molecule has 128 valence electrons. The van der Waals surface area contributed by atoms with Gasteiger partial charge in [0, 0.05) is 14.5 Å². The Morgan fingerprint density at radius 1 is 0.923 bits per heavy atom. The van der Waals surface area contributed by atoms with Crippen molar-refractivity contribution < 1.29 is 5.11 Å². The highest BCUT2D eigenvalue weighted by Crippen LogP contribution is 2.29. The van der Waals surface area contributed by atoms with Gasteiger partial charge in [0.05, 0.1) is 16.6 Å². The van der Waals surface area contributed by atoms with Crippen LogP contribution in [-0.4, -0.2) is 14.7 Å². The van der Waals surface area contributed by atoms with Crippen LogP contribution in [0.3, 0.4) is 0 Å². The van der Waals surface area contributed by atoms with E-state index < -0.39 is 0 Å². The van der Waals surface area contributed by atoms with E-state index >= 15 is 0 Å². The molecule has 0 aliphatic rings. The summed E-state index contributed by atoms with van der Waals surface area (Å²) in [6, 6.07) is 19.6. The number of halogens is 2. The summed E-state index contributed by atoms with van der Waals surface area (Å²) in [6.07, 6.45) is 0. The second-order valence-electron chi connectivity index (χ2n) is 5.74. The highest BCUT2D eigenvalue weighted by atomic mass is 79.9. The molecular weight excluding hydrogens is 460 g/mol. The Balaban J connectivity index is 2.14. The number of nitrogens with zero attached hydrogens (tertiary/aromatic N) is 2. The number of aromatic nitrogens is 2. The van der Waals surface area contributed by atoms with Gasteiger partial charge in [-0.2, -0.15) is 0 Å². The third-order valence-electron chi connectivity index (χ3n) is 4.05. The Labute approximate surface area is 166 Å². The van der Waals surface area contributed by atoms with E-state index in [2.05, 4.69) is 31.9 Å². The number of fused-ring (bicyclic) bond motifs is 1. The molecule has 0 amide bonds. The number of phenols is 1. The van der Waals surface area contributed by atoms with Crippen molar-refractivity contribution in [2.45, 2.75) is 0 Å². The third-order valence-corrected chi connectivity index (χ3v) is 5.21. The standard InChI is InChI=1S/C20H12Br2N2O2/c21-13-7-10-16(22)18(11-13)24-19(12-5-8-14(25)9-6-12)23-17-4-2-1-3-15(17)20(24)26/h1-11,25H. The monoisotopic (exact) mass is 470 g/mol. The molecule has 0 aliphatic heterocycles. The van der Waals surface area contributed by atoms with E-state index in [0.29, 0.717) is 22.4 Å². The quantitative estimate of drug-likeness (QED) is 0.432. The summed E-state index contributed by atoms with van der Waals surface area (Å²) in [5.74, 6) is 0.666. The number of hydrogen-bond donors (Lipinski definition) is 1. The van der Waals surface area contributed by atoms with E-state index in [-0.39, 0.29) is 11.3 Å². The van der Waals surface area contributed by atoms with Gasteiger partial charge in [-0.15, -0.1) is 0 Å². The van der Waals surface area contributed by atoms with Crippen LogP contribution in [0, 0.1) is 0 Å². The Morgan fingerprint density at radius 3 is 2.42 bits per heavy atom.